The lowest BCUT2D eigenvalue weighted by molar-refractivity contribution is 0.318. The van der Waals surface area contributed by atoms with Gasteiger partial charge in [-0.15, -0.1) is 0 Å². The number of amidine groups is 1. The van der Waals surface area contributed by atoms with Crippen molar-refractivity contribution in [1.82, 2.24) is 4.57 Å². The highest BCUT2D eigenvalue weighted by Gasteiger charge is 2.20. The lowest BCUT2D eigenvalue weighted by atomic mass is 10.1. The van der Waals surface area contributed by atoms with Crippen LogP contribution in [-0.4, -0.2) is 15.6 Å². The van der Waals surface area contributed by atoms with Crippen LogP contribution in [0.25, 0.3) is 10.9 Å². The zero-order chi connectivity index (χ0) is 12.5. The van der Waals surface area contributed by atoms with Gasteiger partial charge in [0.25, 0.3) is 0 Å². The number of nitrogens with zero attached hydrogens (tertiary/aromatic N) is 2. The van der Waals surface area contributed by atoms with Crippen molar-refractivity contribution in [3.05, 3.63) is 36.0 Å². The number of nitrogens with two attached hydrogens (primary N) is 1. The largest absolute Gasteiger partial charge is 0.409 e. The Labute approximate surface area is 106 Å². The second-order valence-corrected chi connectivity index (χ2v) is 5.00. The third kappa shape index (κ3) is 2.06. The number of fused-ring (bicyclic) bond motifs is 1. The number of aryl methyl sites for hydroxylation is 1. The Kier molecular flexibility index (Phi) is 2.70. The number of rotatable bonds is 4. The molecule has 2 aromatic rings. The van der Waals surface area contributed by atoms with E-state index in [-0.39, 0.29) is 5.84 Å². The fraction of sp³-hybridized carbons (Fsp3) is 0.357. The van der Waals surface area contributed by atoms with E-state index >= 15 is 0 Å². The average molecular weight is 243 g/mol. The molecule has 1 heterocycles. The molecular weight excluding hydrogens is 226 g/mol. The summed E-state index contributed by atoms with van der Waals surface area (Å²) in [6.45, 7) is 1.05. The second-order valence-electron chi connectivity index (χ2n) is 5.00. The van der Waals surface area contributed by atoms with Crippen molar-refractivity contribution in [2.45, 2.75) is 25.8 Å². The molecule has 0 spiro atoms. The van der Waals surface area contributed by atoms with Gasteiger partial charge in [0.15, 0.2) is 5.84 Å². The molecule has 0 amide bonds. The van der Waals surface area contributed by atoms with Gasteiger partial charge in [-0.1, -0.05) is 30.1 Å². The summed E-state index contributed by atoms with van der Waals surface area (Å²) in [4.78, 5) is 0. The monoisotopic (exact) mass is 243 g/mol. The van der Waals surface area contributed by atoms with E-state index in [9.17, 15) is 0 Å². The van der Waals surface area contributed by atoms with Crippen LogP contribution in [0.4, 0.5) is 0 Å². The lowest BCUT2D eigenvalue weighted by Crippen LogP contribution is -2.13. The molecular formula is C14H17N3O. The summed E-state index contributed by atoms with van der Waals surface area (Å²) < 4.78 is 2.25. The molecule has 3 rings (SSSR count). The molecule has 0 atom stereocenters. The number of hydrogen-bond donors (Lipinski definition) is 2. The fourth-order valence-corrected chi connectivity index (χ4v) is 2.32. The normalized spacial score (nSPS) is 16.3. The smallest absolute Gasteiger partial charge is 0.170 e. The van der Waals surface area contributed by atoms with Crippen molar-refractivity contribution < 1.29 is 5.21 Å². The molecule has 0 bridgehead atoms. The van der Waals surface area contributed by atoms with Crippen LogP contribution in [0, 0.1) is 5.92 Å². The molecule has 0 radical (unpaired) electrons. The topological polar surface area (TPSA) is 63.5 Å². The van der Waals surface area contributed by atoms with Crippen LogP contribution in [0.5, 0.6) is 0 Å². The summed E-state index contributed by atoms with van der Waals surface area (Å²) in [6.07, 6.45) is 6.13. The Morgan fingerprint density at radius 3 is 2.94 bits per heavy atom. The Morgan fingerprint density at radius 1 is 1.39 bits per heavy atom. The number of aromatic nitrogens is 1. The average Bonchev–Trinajstić information content (AvgIpc) is 3.15. The Morgan fingerprint density at radius 2 is 2.22 bits per heavy atom. The third-order valence-electron chi connectivity index (χ3n) is 3.65. The maximum atomic E-state index is 8.72. The Balaban J connectivity index is 1.93. The van der Waals surface area contributed by atoms with Gasteiger partial charge in [-0.3, -0.25) is 0 Å². The van der Waals surface area contributed by atoms with Crippen LogP contribution >= 0.6 is 0 Å². The minimum absolute atomic E-state index is 0.159. The number of benzene rings is 1. The van der Waals surface area contributed by atoms with Crippen LogP contribution in [0.15, 0.2) is 35.6 Å². The maximum Gasteiger partial charge on any atom is 0.170 e. The first kappa shape index (κ1) is 11.1. The molecule has 1 aromatic carbocycles. The van der Waals surface area contributed by atoms with Gasteiger partial charge in [0.2, 0.25) is 0 Å². The highest BCUT2D eigenvalue weighted by molar-refractivity contribution is 6.00. The Hall–Kier alpha value is -1.97. The summed E-state index contributed by atoms with van der Waals surface area (Å²) >= 11 is 0. The molecule has 4 heteroatoms. The predicted molar refractivity (Wildman–Crippen MR) is 71.8 cm³/mol. The minimum Gasteiger partial charge on any atom is -0.409 e. The van der Waals surface area contributed by atoms with Gasteiger partial charge in [0.1, 0.15) is 0 Å². The van der Waals surface area contributed by atoms with Crippen molar-refractivity contribution in [1.29, 1.82) is 0 Å². The molecule has 4 nitrogen and oxygen atoms in total. The van der Waals surface area contributed by atoms with Gasteiger partial charge in [-0.2, -0.15) is 0 Å². The molecule has 94 valence electrons. The lowest BCUT2D eigenvalue weighted by Gasteiger charge is -2.06. The van der Waals surface area contributed by atoms with Gasteiger partial charge in [-0.25, -0.2) is 0 Å². The molecule has 0 aliphatic heterocycles. The van der Waals surface area contributed by atoms with E-state index in [1.54, 1.807) is 0 Å². The van der Waals surface area contributed by atoms with Crippen molar-refractivity contribution in [2.24, 2.45) is 16.8 Å². The van der Waals surface area contributed by atoms with Crippen LogP contribution in [0.1, 0.15) is 24.8 Å². The molecule has 1 aliphatic rings. The van der Waals surface area contributed by atoms with Gasteiger partial charge >= 0.3 is 0 Å². The number of hydrogen-bond acceptors (Lipinski definition) is 2. The molecule has 0 saturated heterocycles. The van der Waals surface area contributed by atoms with E-state index in [0.717, 1.165) is 23.5 Å². The molecule has 18 heavy (non-hydrogen) atoms. The van der Waals surface area contributed by atoms with Crippen LogP contribution in [0.2, 0.25) is 0 Å². The fourth-order valence-electron chi connectivity index (χ4n) is 2.32. The van der Waals surface area contributed by atoms with Crippen LogP contribution in [0.3, 0.4) is 0 Å². The summed E-state index contributed by atoms with van der Waals surface area (Å²) in [5.41, 5.74) is 7.54. The summed E-state index contributed by atoms with van der Waals surface area (Å²) in [6, 6.07) is 7.98. The molecule has 1 aliphatic carbocycles. The SMILES string of the molecule is N/C(=N/O)c1ccc2ccn(CCC3CC3)c2c1. The van der Waals surface area contributed by atoms with Crippen molar-refractivity contribution in [3.63, 3.8) is 0 Å². The molecule has 3 N–H and O–H groups in total. The zero-order valence-electron chi connectivity index (χ0n) is 10.2. The summed E-state index contributed by atoms with van der Waals surface area (Å²) in [5, 5.41) is 13.0. The van der Waals surface area contributed by atoms with Crippen LogP contribution < -0.4 is 5.73 Å². The van der Waals surface area contributed by atoms with E-state index < -0.39 is 0 Å². The van der Waals surface area contributed by atoms with Crippen molar-refractivity contribution in [2.75, 3.05) is 0 Å². The zero-order valence-corrected chi connectivity index (χ0v) is 10.2. The van der Waals surface area contributed by atoms with Crippen molar-refractivity contribution in [3.8, 4) is 0 Å². The van der Waals surface area contributed by atoms with E-state index in [1.165, 1.54) is 24.6 Å². The number of oxime groups is 1. The van der Waals surface area contributed by atoms with E-state index in [1.807, 2.05) is 18.2 Å². The molecule has 0 unspecified atom stereocenters. The highest BCUT2D eigenvalue weighted by Crippen LogP contribution is 2.33. The maximum absolute atomic E-state index is 8.72. The highest BCUT2D eigenvalue weighted by atomic mass is 16.4. The van der Waals surface area contributed by atoms with Gasteiger partial charge in [-0.05, 0) is 29.9 Å². The first-order valence-corrected chi connectivity index (χ1v) is 6.35. The summed E-state index contributed by atoms with van der Waals surface area (Å²) in [5.74, 6) is 1.08. The predicted octanol–water partition coefficient (Wildman–Crippen LogP) is 2.54. The van der Waals surface area contributed by atoms with E-state index in [2.05, 4.69) is 22.0 Å². The molecule has 1 fully saturated rings. The van der Waals surface area contributed by atoms with Crippen molar-refractivity contribution >= 4 is 16.7 Å². The van der Waals surface area contributed by atoms with Gasteiger partial charge in [0, 0.05) is 23.8 Å². The van der Waals surface area contributed by atoms with Crippen LogP contribution in [-0.2, 0) is 6.54 Å². The second kappa shape index (κ2) is 4.37. The molecule has 1 saturated carbocycles. The minimum atomic E-state index is 0.159. The Bertz CT molecular complexity index is 596. The first-order valence-electron chi connectivity index (χ1n) is 6.35. The third-order valence-corrected chi connectivity index (χ3v) is 3.65. The first-order chi connectivity index (χ1) is 8.78. The standard InChI is InChI=1S/C14H17N3O/c15-14(16-18)12-4-3-11-6-8-17(13(11)9-12)7-5-10-1-2-10/h3-4,6,8-10,18H,1-2,5,7H2,(H2,15,16). The quantitative estimate of drug-likeness (QED) is 0.375. The van der Waals surface area contributed by atoms with E-state index in [4.69, 9.17) is 10.9 Å². The van der Waals surface area contributed by atoms with Gasteiger partial charge < -0.3 is 15.5 Å². The van der Waals surface area contributed by atoms with Gasteiger partial charge in [0.05, 0.1) is 0 Å². The molecule has 1 aromatic heterocycles. The van der Waals surface area contributed by atoms with E-state index in [0.29, 0.717) is 0 Å². The summed E-state index contributed by atoms with van der Waals surface area (Å²) in [7, 11) is 0.